The number of aliphatic hydroxyl groups excluding tert-OH is 1. The molecule has 3 nitrogen and oxygen atoms in total. The van der Waals surface area contributed by atoms with Gasteiger partial charge in [-0.15, -0.1) is 0 Å². The molecule has 104 valence electrons. The molecule has 1 N–H and O–H groups in total. The molecule has 1 heterocycles. The van der Waals surface area contributed by atoms with Gasteiger partial charge in [0.25, 0.3) is 0 Å². The van der Waals surface area contributed by atoms with Gasteiger partial charge in [-0.05, 0) is 23.6 Å². The van der Waals surface area contributed by atoms with E-state index >= 15 is 0 Å². The summed E-state index contributed by atoms with van der Waals surface area (Å²) in [5.41, 5.74) is 2.94. The second-order valence-corrected chi connectivity index (χ2v) is 5.40. The van der Waals surface area contributed by atoms with Gasteiger partial charge in [0.1, 0.15) is 12.2 Å². The largest absolute Gasteiger partial charge is 0.392 e. The summed E-state index contributed by atoms with van der Waals surface area (Å²) >= 11 is 0. The molecule has 1 fully saturated rings. The molecule has 2 atom stereocenters. The summed E-state index contributed by atoms with van der Waals surface area (Å²) in [6.45, 7) is 2.70. The Morgan fingerprint density at radius 1 is 1.05 bits per heavy atom. The Balaban J connectivity index is 2.01. The van der Waals surface area contributed by atoms with Crippen LogP contribution in [0, 0.1) is 0 Å². The highest BCUT2D eigenvalue weighted by molar-refractivity contribution is 5.37. The van der Waals surface area contributed by atoms with E-state index in [1.807, 2.05) is 30.3 Å². The molecule has 2 unspecified atom stereocenters. The van der Waals surface area contributed by atoms with Crippen LogP contribution in [0.4, 0.5) is 0 Å². The summed E-state index contributed by atoms with van der Waals surface area (Å²) in [6.07, 6.45) is 0. The maximum atomic E-state index is 9.16. The molecule has 20 heavy (non-hydrogen) atoms. The molecular weight excluding hydrogens is 252 g/mol. The molecule has 2 aromatic rings. The summed E-state index contributed by atoms with van der Waals surface area (Å²) in [6, 6.07) is 18.3. The van der Waals surface area contributed by atoms with E-state index in [2.05, 4.69) is 31.2 Å². The summed E-state index contributed by atoms with van der Waals surface area (Å²) < 4.78 is 0. The van der Waals surface area contributed by atoms with E-state index in [1.165, 1.54) is 11.1 Å². The zero-order valence-electron chi connectivity index (χ0n) is 11.5. The van der Waals surface area contributed by atoms with Crippen LogP contribution in [0.15, 0.2) is 54.6 Å². The van der Waals surface area contributed by atoms with E-state index in [0.717, 1.165) is 5.56 Å². The van der Waals surface area contributed by atoms with Crippen molar-refractivity contribution in [1.82, 2.24) is 0 Å². The highest BCUT2D eigenvalue weighted by Crippen LogP contribution is 2.42. The van der Waals surface area contributed by atoms with Gasteiger partial charge in [0.05, 0.1) is 6.61 Å². The van der Waals surface area contributed by atoms with Gasteiger partial charge in [-0.2, -0.15) is 0 Å². The molecule has 3 heteroatoms. The fourth-order valence-corrected chi connectivity index (χ4v) is 2.73. The molecule has 1 saturated heterocycles. The molecule has 0 bridgehead atoms. The van der Waals surface area contributed by atoms with Crippen molar-refractivity contribution in [3.8, 4) is 0 Å². The Bertz CT molecular complexity index is 559. The Hall–Kier alpha value is -1.68. The van der Waals surface area contributed by atoms with E-state index in [1.54, 1.807) is 0 Å². The van der Waals surface area contributed by atoms with Crippen molar-refractivity contribution in [3.63, 3.8) is 0 Å². The normalized spacial score (nSPS) is 23.1. The predicted octanol–water partition coefficient (Wildman–Crippen LogP) is 3.03. The number of hydrogen-bond acceptors (Lipinski definition) is 3. The third-order valence-electron chi connectivity index (χ3n) is 3.83. The lowest BCUT2D eigenvalue weighted by molar-refractivity contribution is -0.469. The van der Waals surface area contributed by atoms with Crippen LogP contribution in [-0.2, 0) is 16.4 Å². The minimum Gasteiger partial charge on any atom is -0.392 e. The monoisotopic (exact) mass is 270 g/mol. The van der Waals surface area contributed by atoms with E-state index in [4.69, 9.17) is 14.9 Å². The lowest BCUT2D eigenvalue weighted by Gasteiger charge is -2.43. The first-order valence-electron chi connectivity index (χ1n) is 6.78. The first-order valence-corrected chi connectivity index (χ1v) is 6.78. The predicted molar refractivity (Wildman–Crippen MR) is 76.1 cm³/mol. The second kappa shape index (κ2) is 5.37. The summed E-state index contributed by atoms with van der Waals surface area (Å²) in [7, 11) is 0. The fourth-order valence-electron chi connectivity index (χ4n) is 2.73. The third-order valence-corrected chi connectivity index (χ3v) is 3.83. The topological polar surface area (TPSA) is 38.7 Å². The van der Waals surface area contributed by atoms with Crippen molar-refractivity contribution in [2.75, 3.05) is 6.61 Å². The van der Waals surface area contributed by atoms with Gasteiger partial charge < -0.3 is 5.11 Å². The van der Waals surface area contributed by atoms with Crippen LogP contribution in [-0.4, -0.2) is 17.3 Å². The standard InChI is InChI=1S/C17H18O3/c1-17(12-19-20-17)16(14-5-3-2-4-6-14)15-9-7-13(11-18)8-10-15/h2-10,16,18H,11-12H2,1H3. The summed E-state index contributed by atoms with van der Waals surface area (Å²) in [5.74, 6) is 0.116. The average molecular weight is 270 g/mol. The molecule has 0 spiro atoms. The molecule has 0 amide bonds. The minimum absolute atomic E-state index is 0.0627. The Kier molecular flexibility index (Phi) is 3.57. The van der Waals surface area contributed by atoms with Crippen molar-refractivity contribution in [3.05, 3.63) is 71.3 Å². The lowest BCUT2D eigenvalue weighted by Crippen LogP contribution is -2.49. The number of hydrogen-bond donors (Lipinski definition) is 1. The molecule has 1 aliphatic heterocycles. The Morgan fingerprint density at radius 3 is 2.15 bits per heavy atom. The van der Waals surface area contributed by atoms with Crippen molar-refractivity contribution in [2.24, 2.45) is 0 Å². The molecule has 2 aromatic carbocycles. The van der Waals surface area contributed by atoms with E-state index in [-0.39, 0.29) is 18.1 Å². The van der Waals surface area contributed by atoms with Gasteiger partial charge in [-0.1, -0.05) is 54.6 Å². The minimum atomic E-state index is -0.345. The first kappa shape index (κ1) is 13.3. The highest BCUT2D eigenvalue weighted by Gasteiger charge is 2.45. The zero-order valence-corrected chi connectivity index (χ0v) is 11.5. The SMILES string of the molecule is CC1(C(c2ccccc2)c2ccc(CO)cc2)COO1. The van der Waals surface area contributed by atoms with Gasteiger partial charge in [0.2, 0.25) is 0 Å². The maximum absolute atomic E-state index is 9.16. The smallest absolute Gasteiger partial charge is 0.138 e. The molecule has 0 radical (unpaired) electrons. The van der Waals surface area contributed by atoms with Gasteiger partial charge >= 0.3 is 0 Å². The van der Waals surface area contributed by atoms with Crippen LogP contribution in [0.5, 0.6) is 0 Å². The molecule has 0 aromatic heterocycles. The Morgan fingerprint density at radius 2 is 1.65 bits per heavy atom. The van der Waals surface area contributed by atoms with Crippen LogP contribution in [0.25, 0.3) is 0 Å². The van der Waals surface area contributed by atoms with Crippen LogP contribution in [0.1, 0.15) is 29.5 Å². The first-order chi connectivity index (χ1) is 9.73. The van der Waals surface area contributed by atoms with Gasteiger partial charge in [0, 0.05) is 5.92 Å². The quantitative estimate of drug-likeness (QED) is 0.868. The van der Waals surface area contributed by atoms with Crippen molar-refractivity contribution >= 4 is 0 Å². The van der Waals surface area contributed by atoms with Crippen LogP contribution in [0.2, 0.25) is 0 Å². The fraction of sp³-hybridized carbons (Fsp3) is 0.294. The zero-order chi connectivity index (χ0) is 14.0. The number of benzene rings is 2. The Labute approximate surface area is 118 Å². The lowest BCUT2D eigenvalue weighted by atomic mass is 9.78. The number of aliphatic hydroxyl groups is 1. The van der Waals surface area contributed by atoms with Gasteiger partial charge in [-0.25, -0.2) is 9.78 Å². The third kappa shape index (κ3) is 2.36. The second-order valence-electron chi connectivity index (χ2n) is 5.40. The van der Waals surface area contributed by atoms with Gasteiger partial charge in [-0.3, -0.25) is 0 Å². The molecule has 1 aliphatic rings. The van der Waals surface area contributed by atoms with E-state index < -0.39 is 0 Å². The molecule has 3 rings (SSSR count). The molecule has 0 aliphatic carbocycles. The van der Waals surface area contributed by atoms with E-state index in [9.17, 15) is 0 Å². The number of rotatable bonds is 4. The average Bonchev–Trinajstić information content (AvgIpc) is 2.47. The van der Waals surface area contributed by atoms with Crippen molar-refractivity contribution in [2.45, 2.75) is 25.0 Å². The molecular formula is C17H18O3. The van der Waals surface area contributed by atoms with Crippen LogP contribution >= 0.6 is 0 Å². The maximum Gasteiger partial charge on any atom is 0.138 e. The highest BCUT2D eigenvalue weighted by atomic mass is 17.2. The van der Waals surface area contributed by atoms with Crippen LogP contribution in [0.3, 0.4) is 0 Å². The summed E-state index contributed by atoms with van der Waals surface area (Å²) in [4.78, 5) is 10.4. The molecule has 0 saturated carbocycles. The van der Waals surface area contributed by atoms with Crippen molar-refractivity contribution in [1.29, 1.82) is 0 Å². The van der Waals surface area contributed by atoms with E-state index in [0.29, 0.717) is 6.61 Å². The van der Waals surface area contributed by atoms with Gasteiger partial charge in [0.15, 0.2) is 0 Å². The van der Waals surface area contributed by atoms with Crippen LogP contribution < -0.4 is 0 Å². The van der Waals surface area contributed by atoms with Crippen molar-refractivity contribution < 1.29 is 14.9 Å². The summed E-state index contributed by atoms with van der Waals surface area (Å²) in [5, 5.41) is 9.16.